The third kappa shape index (κ3) is 4.54. The number of rotatable bonds is 6. The van der Waals surface area contributed by atoms with Gasteiger partial charge in [-0.05, 0) is 42.7 Å². The molecule has 0 unspecified atom stereocenters. The molecule has 29 heavy (non-hydrogen) atoms. The summed E-state index contributed by atoms with van der Waals surface area (Å²) in [5.74, 6) is 0.113. The average Bonchev–Trinajstić information content (AvgIpc) is 3.37. The summed E-state index contributed by atoms with van der Waals surface area (Å²) < 4.78 is 0. The Morgan fingerprint density at radius 1 is 1.14 bits per heavy atom. The van der Waals surface area contributed by atoms with E-state index in [0.29, 0.717) is 6.42 Å². The molecule has 4 rings (SSSR count). The van der Waals surface area contributed by atoms with Crippen LogP contribution in [0.5, 0.6) is 0 Å². The van der Waals surface area contributed by atoms with Crippen molar-refractivity contribution >= 4 is 34.5 Å². The first-order chi connectivity index (χ1) is 14.1. The largest absolute Gasteiger partial charge is 0.326 e. The molecule has 3 aromatic rings. The number of nitrogens with one attached hydrogen (secondary N) is 1. The lowest BCUT2D eigenvalue weighted by atomic mass is 10.1. The van der Waals surface area contributed by atoms with E-state index in [1.807, 2.05) is 58.8 Å². The third-order valence-electron chi connectivity index (χ3n) is 5.06. The second-order valence-electron chi connectivity index (χ2n) is 7.10. The third-order valence-corrected chi connectivity index (χ3v) is 5.91. The first kappa shape index (κ1) is 19.3. The maximum atomic E-state index is 12.3. The number of thiazole rings is 1. The van der Waals surface area contributed by atoms with E-state index in [9.17, 15) is 9.59 Å². The highest BCUT2D eigenvalue weighted by Gasteiger charge is 2.21. The monoisotopic (exact) mass is 405 g/mol. The maximum absolute atomic E-state index is 12.3. The van der Waals surface area contributed by atoms with Gasteiger partial charge >= 0.3 is 0 Å². The fourth-order valence-electron chi connectivity index (χ4n) is 3.42. The molecular weight excluding hydrogens is 382 g/mol. The summed E-state index contributed by atoms with van der Waals surface area (Å²) in [4.78, 5) is 30.6. The van der Waals surface area contributed by atoms with Crippen LogP contribution in [0.3, 0.4) is 0 Å². The van der Waals surface area contributed by atoms with Crippen LogP contribution in [0, 0.1) is 0 Å². The van der Waals surface area contributed by atoms with Crippen LogP contribution < -0.4 is 10.2 Å². The number of hydrogen-bond donors (Lipinski definition) is 1. The Morgan fingerprint density at radius 3 is 2.55 bits per heavy atom. The Bertz CT molecular complexity index is 1010. The number of hydrogen-bond acceptors (Lipinski definition) is 4. The molecule has 0 radical (unpaired) electrons. The molecule has 1 N–H and O–H groups in total. The fraction of sp³-hybridized carbons (Fsp3) is 0.261. The standard InChI is InChI=1S/C23H23N3O2S/c1-2-16-5-9-18(10-6-16)24-21(27)14-22-25-20(15-29-22)17-7-11-19(12-8-17)26-13-3-4-23(26)28/h5-12,15H,2-4,13-14H2,1H3,(H,24,27). The van der Waals surface area contributed by atoms with Gasteiger partial charge in [0.1, 0.15) is 5.01 Å². The minimum absolute atomic E-state index is 0.0713. The van der Waals surface area contributed by atoms with Gasteiger partial charge in [0.05, 0.1) is 12.1 Å². The van der Waals surface area contributed by atoms with Crippen molar-refractivity contribution in [2.45, 2.75) is 32.6 Å². The van der Waals surface area contributed by atoms with Crippen LogP contribution in [0.1, 0.15) is 30.3 Å². The zero-order valence-corrected chi connectivity index (χ0v) is 17.2. The van der Waals surface area contributed by atoms with Gasteiger partial charge in [0.2, 0.25) is 11.8 Å². The number of carbonyl (C=O) groups excluding carboxylic acids is 2. The van der Waals surface area contributed by atoms with Gasteiger partial charge in [-0.1, -0.05) is 31.2 Å². The van der Waals surface area contributed by atoms with Crippen LogP contribution in [0.4, 0.5) is 11.4 Å². The Labute approximate surface area is 174 Å². The summed E-state index contributed by atoms with van der Waals surface area (Å²) in [5.41, 5.74) is 4.81. The minimum Gasteiger partial charge on any atom is -0.326 e. The molecule has 2 heterocycles. The van der Waals surface area contributed by atoms with Crippen molar-refractivity contribution < 1.29 is 9.59 Å². The van der Waals surface area contributed by atoms with Gasteiger partial charge in [0, 0.05) is 35.3 Å². The van der Waals surface area contributed by atoms with Crippen molar-refractivity contribution in [3.63, 3.8) is 0 Å². The molecule has 0 atom stereocenters. The Kier molecular flexibility index (Phi) is 5.71. The van der Waals surface area contributed by atoms with Crippen molar-refractivity contribution in [2.24, 2.45) is 0 Å². The van der Waals surface area contributed by atoms with Crippen LogP contribution in [0.2, 0.25) is 0 Å². The molecule has 0 spiro atoms. The minimum atomic E-state index is -0.0713. The van der Waals surface area contributed by atoms with E-state index >= 15 is 0 Å². The molecule has 0 bridgehead atoms. The zero-order valence-electron chi connectivity index (χ0n) is 16.4. The second kappa shape index (κ2) is 8.57. The average molecular weight is 406 g/mol. The molecule has 1 aliphatic heterocycles. The Hall–Kier alpha value is -2.99. The summed E-state index contributed by atoms with van der Waals surface area (Å²) in [6.07, 6.45) is 2.77. The lowest BCUT2D eigenvalue weighted by Crippen LogP contribution is -2.23. The normalized spacial score (nSPS) is 13.7. The highest BCUT2D eigenvalue weighted by Crippen LogP contribution is 2.27. The SMILES string of the molecule is CCc1ccc(NC(=O)Cc2nc(-c3ccc(N4CCCC4=O)cc3)cs2)cc1. The summed E-state index contributed by atoms with van der Waals surface area (Å²) >= 11 is 1.48. The van der Waals surface area contributed by atoms with Crippen molar-refractivity contribution in [1.29, 1.82) is 0 Å². The number of benzene rings is 2. The Balaban J connectivity index is 1.38. The van der Waals surface area contributed by atoms with Crippen molar-refractivity contribution in [3.05, 3.63) is 64.5 Å². The van der Waals surface area contributed by atoms with E-state index in [0.717, 1.165) is 47.0 Å². The summed E-state index contributed by atoms with van der Waals surface area (Å²) in [5, 5.41) is 5.67. The number of carbonyl (C=O) groups is 2. The number of amides is 2. The highest BCUT2D eigenvalue weighted by atomic mass is 32.1. The van der Waals surface area contributed by atoms with Gasteiger partial charge in [-0.2, -0.15) is 0 Å². The van der Waals surface area contributed by atoms with Crippen molar-refractivity contribution in [1.82, 2.24) is 4.98 Å². The molecule has 0 aliphatic carbocycles. The molecule has 1 saturated heterocycles. The summed E-state index contributed by atoms with van der Waals surface area (Å²) in [6, 6.07) is 15.8. The predicted molar refractivity (Wildman–Crippen MR) is 117 cm³/mol. The smallest absolute Gasteiger partial charge is 0.231 e. The molecule has 2 aromatic carbocycles. The lowest BCUT2D eigenvalue weighted by Gasteiger charge is -2.15. The molecule has 6 heteroatoms. The maximum Gasteiger partial charge on any atom is 0.231 e. The first-order valence-corrected chi connectivity index (χ1v) is 10.7. The van der Waals surface area contributed by atoms with Crippen molar-refractivity contribution in [2.75, 3.05) is 16.8 Å². The van der Waals surface area contributed by atoms with Crippen LogP contribution in [-0.4, -0.2) is 23.3 Å². The van der Waals surface area contributed by atoms with Crippen LogP contribution in [0.25, 0.3) is 11.3 Å². The van der Waals surface area contributed by atoms with Gasteiger partial charge < -0.3 is 10.2 Å². The predicted octanol–water partition coefficient (Wildman–Crippen LogP) is 4.68. The molecule has 0 saturated carbocycles. The number of anilines is 2. The van der Waals surface area contributed by atoms with E-state index in [2.05, 4.69) is 17.2 Å². The second-order valence-corrected chi connectivity index (χ2v) is 8.04. The zero-order chi connectivity index (χ0) is 20.2. The van der Waals surface area contributed by atoms with Gasteiger partial charge in [0.25, 0.3) is 0 Å². The lowest BCUT2D eigenvalue weighted by molar-refractivity contribution is -0.117. The molecular formula is C23H23N3O2S. The molecule has 2 amide bonds. The quantitative estimate of drug-likeness (QED) is 0.648. The van der Waals surface area contributed by atoms with E-state index < -0.39 is 0 Å². The number of aromatic nitrogens is 1. The van der Waals surface area contributed by atoms with Crippen LogP contribution in [-0.2, 0) is 22.4 Å². The van der Waals surface area contributed by atoms with E-state index in [1.54, 1.807) is 0 Å². The van der Waals surface area contributed by atoms with Gasteiger partial charge in [-0.15, -0.1) is 11.3 Å². The summed E-state index contributed by atoms with van der Waals surface area (Å²) in [7, 11) is 0. The van der Waals surface area contributed by atoms with Gasteiger partial charge in [0.15, 0.2) is 0 Å². The van der Waals surface area contributed by atoms with Gasteiger partial charge in [-0.25, -0.2) is 4.98 Å². The van der Waals surface area contributed by atoms with Crippen LogP contribution >= 0.6 is 11.3 Å². The van der Waals surface area contributed by atoms with Crippen LogP contribution in [0.15, 0.2) is 53.9 Å². The molecule has 5 nitrogen and oxygen atoms in total. The Morgan fingerprint density at radius 2 is 1.90 bits per heavy atom. The first-order valence-electron chi connectivity index (χ1n) is 9.86. The topological polar surface area (TPSA) is 62.3 Å². The van der Waals surface area contributed by atoms with Gasteiger partial charge in [-0.3, -0.25) is 9.59 Å². The molecule has 1 aromatic heterocycles. The molecule has 148 valence electrons. The number of aryl methyl sites for hydroxylation is 1. The fourth-order valence-corrected chi connectivity index (χ4v) is 4.23. The number of nitrogens with zero attached hydrogens (tertiary/aromatic N) is 2. The van der Waals surface area contributed by atoms with E-state index in [-0.39, 0.29) is 18.2 Å². The molecule has 1 aliphatic rings. The highest BCUT2D eigenvalue weighted by molar-refractivity contribution is 7.10. The van der Waals surface area contributed by atoms with Crippen molar-refractivity contribution in [3.8, 4) is 11.3 Å². The van der Waals surface area contributed by atoms with E-state index in [1.165, 1.54) is 16.9 Å². The summed E-state index contributed by atoms with van der Waals surface area (Å²) in [6.45, 7) is 2.89. The molecule has 1 fully saturated rings. The van der Waals surface area contributed by atoms with E-state index in [4.69, 9.17) is 0 Å².